The van der Waals surface area contributed by atoms with Crippen molar-refractivity contribution in [3.63, 3.8) is 0 Å². The zero-order valence-corrected chi connectivity index (χ0v) is 14.3. The van der Waals surface area contributed by atoms with Gasteiger partial charge in [0, 0.05) is 31.4 Å². The molecule has 1 fully saturated rings. The van der Waals surface area contributed by atoms with Gasteiger partial charge in [-0.3, -0.25) is 9.20 Å². The molecule has 1 unspecified atom stereocenters. The first kappa shape index (κ1) is 16.1. The number of rotatable bonds is 3. The largest absolute Gasteiger partial charge is 0.472 e. The number of nitriles is 1. The van der Waals surface area contributed by atoms with Crippen LogP contribution >= 0.6 is 0 Å². The number of nitrogens with zero attached hydrogens (tertiary/aromatic N) is 5. The van der Waals surface area contributed by atoms with Crippen molar-refractivity contribution in [1.29, 1.82) is 5.26 Å². The molecule has 130 valence electrons. The highest BCUT2D eigenvalue weighted by atomic mass is 16.5. The minimum Gasteiger partial charge on any atom is -0.472 e. The number of carbonyl (C=O) groups excluding carboxylic acids is 1. The molecule has 0 radical (unpaired) electrons. The number of amides is 1. The number of imidazole rings is 1. The molecule has 26 heavy (non-hydrogen) atoms. The van der Waals surface area contributed by atoms with E-state index in [9.17, 15) is 4.79 Å². The topological polar surface area (TPSA) is 83.5 Å². The van der Waals surface area contributed by atoms with Crippen LogP contribution in [0.4, 0.5) is 0 Å². The predicted molar refractivity (Wildman–Crippen MR) is 93.8 cm³/mol. The van der Waals surface area contributed by atoms with Crippen LogP contribution in [0.25, 0.3) is 5.65 Å². The van der Waals surface area contributed by atoms with E-state index in [1.165, 1.54) is 0 Å². The van der Waals surface area contributed by atoms with E-state index in [1.54, 1.807) is 23.2 Å². The lowest BCUT2D eigenvalue weighted by Gasteiger charge is -2.17. The average Bonchev–Trinajstić information content (AvgIpc) is 3.25. The molecule has 1 saturated heterocycles. The van der Waals surface area contributed by atoms with Crippen LogP contribution in [0.3, 0.4) is 0 Å². The van der Waals surface area contributed by atoms with Crippen molar-refractivity contribution in [1.82, 2.24) is 19.3 Å². The van der Waals surface area contributed by atoms with Gasteiger partial charge in [-0.1, -0.05) is 6.07 Å². The van der Waals surface area contributed by atoms with Crippen molar-refractivity contribution < 1.29 is 9.53 Å². The fourth-order valence-corrected chi connectivity index (χ4v) is 3.24. The SMILES string of the molecule is Cc1nc2ccccn2c1C(=O)N1CCC(Oc2cc(C#N)ccn2)C1. The van der Waals surface area contributed by atoms with Gasteiger partial charge < -0.3 is 9.64 Å². The number of pyridine rings is 2. The fraction of sp³-hybridized carbons (Fsp3) is 0.263. The highest BCUT2D eigenvalue weighted by Gasteiger charge is 2.31. The molecule has 4 rings (SSSR count). The Labute approximate surface area is 150 Å². The first-order valence-corrected chi connectivity index (χ1v) is 8.41. The van der Waals surface area contributed by atoms with Gasteiger partial charge in [0.25, 0.3) is 5.91 Å². The van der Waals surface area contributed by atoms with Gasteiger partial charge in [-0.25, -0.2) is 9.97 Å². The molecule has 0 spiro atoms. The highest BCUT2D eigenvalue weighted by Crippen LogP contribution is 2.21. The molecule has 0 aliphatic carbocycles. The summed E-state index contributed by atoms with van der Waals surface area (Å²) in [6.07, 6.45) is 3.98. The maximum absolute atomic E-state index is 13.0. The Morgan fingerprint density at radius 2 is 2.27 bits per heavy atom. The molecule has 0 bridgehead atoms. The van der Waals surface area contributed by atoms with Crippen LogP contribution < -0.4 is 4.74 Å². The Bertz CT molecular complexity index is 1020. The minimum absolute atomic E-state index is 0.0500. The quantitative estimate of drug-likeness (QED) is 0.725. The molecule has 4 heterocycles. The number of hydrogen-bond donors (Lipinski definition) is 0. The number of ether oxygens (including phenoxy) is 1. The van der Waals surface area contributed by atoms with E-state index in [4.69, 9.17) is 10.00 Å². The summed E-state index contributed by atoms with van der Waals surface area (Å²) in [5.74, 6) is 0.361. The molecule has 1 atom stereocenters. The maximum Gasteiger partial charge on any atom is 0.272 e. The van der Waals surface area contributed by atoms with E-state index in [2.05, 4.69) is 16.0 Å². The van der Waals surface area contributed by atoms with Crippen molar-refractivity contribution in [3.8, 4) is 11.9 Å². The third kappa shape index (κ3) is 2.86. The summed E-state index contributed by atoms with van der Waals surface area (Å²) in [5, 5.41) is 8.96. The van der Waals surface area contributed by atoms with Crippen LogP contribution in [-0.4, -0.2) is 44.4 Å². The van der Waals surface area contributed by atoms with E-state index >= 15 is 0 Å². The Morgan fingerprint density at radius 1 is 1.38 bits per heavy atom. The summed E-state index contributed by atoms with van der Waals surface area (Å²) < 4.78 is 7.68. The van der Waals surface area contributed by atoms with Crippen LogP contribution in [0.1, 0.15) is 28.2 Å². The molecule has 7 nitrogen and oxygen atoms in total. The van der Waals surface area contributed by atoms with Crippen molar-refractivity contribution >= 4 is 11.6 Å². The second-order valence-corrected chi connectivity index (χ2v) is 6.25. The average molecular weight is 347 g/mol. The molecular formula is C19H17N5O2. The number of likely N-dealkylation sites (tertiary alicyclic amines) is 1. The van der Waals surface area contributed by atoms with Crippen LogP contribution in [0.5, 0.6) is 5.88 Å². The standard InChI is InChI=1S/C19H17N5O2/c1-13-18(24-8-3-2-4-16(24)22-13)19(25)23-9-6-15(12-23)26-17-10-14(11-20)5-7-21-17/h2-5,7-8,10,15H,6,9,12H2,1H3. The van der Waals surface area contributed by atoms with Crippen LogP contribution in [0.15, 0.2) is 42.7 Å². The number of fused-ring (bicyclic) bond motifs is 1. The number of hydrogen-bond acceptors (Lipinski definition) is 5. The van der Waals surface area contributed by atoms with Crippen molar-refractivity contribution in [2.45, 2.75) is 19.4 Å². The van der Waals surface area contributed by atoms with E-state index in [1.807, 2.05) is 35.7 Å². The molecule has 3 aromatic rings. The first-order chi connectivity index (χ1) is 12.7. The molecule has 1 aliphatic heterocycles. The normalized spacial score (nSPS) is 16.6. The first-order valence-electron chi connectivity index (χ1n) is 8.41. The molecule has 0 N–H and O–H groups in total. The van der Waals surface area contributed by atoms with E-state index in [0.29, 0.717) is 35.9 Å². The van der Waals surface area contributed by atoms with Gasteiger partial charge in [0.15, 0.2) is 0 Å². The number of aryl methyl sites for hydroxylation is 1. The molecular weight excluding hydrogens is 330 g/mol. The van der Waals surface area contributed by atoms with Crippen LogP contribution in [-0.2, 0) is 0 Å². The van der Waals surface area contributed by atoms with E-state index in [-0.39, 0.29) is 12.0 Å². The van der Waals surface area contributed by atoms with Crippen LogP contribution in [0, 0.1) is 18.3 Å². The Morgan fingerprint density at radius 3 is 3.12 bits per heavy atom. The summed E-state index contributed by atoms with van der Waals surface area (Å²) >= 11 is 0. The molecule has 3 aromatic heterocycles. The smallest absolute Gasteiger partial charge is 0.272 e. The van der Waals surface area contributed by atoms with Gasteiger partial charge in [0.05, 0.1) is 23.9 Å². The second-order valence-electron chi connectivity index (χ2n) is 6.25. The Kier molecular flexibility index (Phi) is 4.01. The lowest BCUT2D eigenvalue weighted by Crippen LogP contribution is -2.32. The van der Waals surface area contributed by atoms with Gasteiger partial charge >= 0.3 is 0 Å². The van der Waals surface area contributed by atoms with Gasteiger partial charge in [-0.2, -0.15) is 5.26 Å². The summed E-state index contributed by atoms with van der Waals surface area (Å²) in [4.78, 5) is 23.4. The summed E-state index contributed by atoms with van der Waals surface area (Å²) in [6, 6.07) is 11.0. The van der Waals surface area contributed by atoms with Gasteiger partial charge in [0.2, 0.25) is 5.88 Å². The number of carbonyl (C=O) groups is 1. The fourth-order valence-electron chi connectivity index (χ4n) is 3.24. The lowest BCUT2D eigenvalue weighted by atomic mass is 10.3. The monoisotopic (exact) mass is 347 g/mol. The highest BCUT2D eigenvalue weighted by molar-refractivity contribution is 5.94. The molecule has 0 aromatic carbocycles. The van der Waals surface area contributed by atoms with E-state index < -0.39 is 0 Å². The zero-order valence-electron chi connectivity index (χ0n) is 14.3. The Hall–Kier alpha value is -3.40. The maximum atomic E-state index is 13.0. The molecule has 7 heteroatoms. The lowest BCUT2D eigenvalue weighted by molar-refractivity contribution is 0.0763. The van der Waals surface area contributed by atoms with Crippen molar-refractivity contribution in [3.05, 3.63) is 59.7 Å². The zero-order chi connectivity index (χ0) is 18.1. The number of aromatic nitrogens is 3. The summed E-state index contributed by atoms with van der Waals surface area (Å²) in [7, 11) is 0. The Balaban J connectivity index is 1.50. The van der Waals surface area contributed by atoms with Gasteiger partial charge in [-0.15, -0.1) is 0 Å². The third-order valence-corrected chi connectivity index (χ3v) is 4.49. The van der Waals surface area contributed by atoms with Crippen molar-refractivity contribution in [2.75, 3.05) is 13.1 Å². The second kappa shape index (κ2) is 6.48. The summed E-state index contributed by atoms with van der Waals surface area (Å²) in [6.45, 7) is 2.94. The van der Waals surface area contributed by atoms with Gasteiger partial charge in [-0.05, 0) is 25.1 Å². The molecule has 1 aliphatic rings. The van der Waals surface area contributed by atoms with Gasteiger partial charge in [0.1, 0.15) is 17.4 Å². The third-order valence-electron chi connectivity index (χ3n) is 4.49. The molecule has 0 saturated carbocycles. The minimum atomic E-state index is -0.139. The summed E-state index contributed by atoms with van der Waals surface area (Å²) in [5.41, 5.74) is 2.57. The van der Waals surface area contributed by atoms with Crippen molar-refractivity contribution in [2.24, 2.45) is 0 Å². The predicted octanol–water partition coefficient (Wildman–Crippen LogP) is 2.20. The molecule has 1 amide bonds. The van der Waals surface area contributed by atoms with E-state index in [0.717, 1.165) is 12.1 Å². The van der Waals surface area contributed by atoms with Crippen LogP contribution in [0.2, 0.25) is 0 Å².